The summed E-state index contributed by atoms with van der Waals surface area (Å²) < 4.78 is 10.4. The third-order valence-corrected chi connectivity index (χ3v) is 2.97. The molecule has 0 saturated carbocycles. The van der Waals surface area contributed by atoms with Gasteiger partial charge in [0.1, 0.15) is 0 Å². The third-order valence-electron chi connectivity index (χ3n) is 2.44. The van der Waals surface area contributed by atoms with Crippen molar-refractivity contribution in [2.45, 2.75) is 6.42 Å². The standard InChI is InChI=1S/C13H12Cl2N2O2/c1-18-11-8-16-13(17-12(11)15)19-7-6-9-2-4-10(14)5-3-9/h2-5,8H,6-7H2,1H3. The van der Waals surface area contributed by atoms with E-state index in [0.717, 1.165) is 17.0 Å². The van der Waals surface area contributed by atoms with Gasteiger partial charge in [0.25, 0.3) is 0 Å². The van der Waals surface area contributed by atoms with Crippen LogP contribution in [0.1, 0.15) is 5.56 Å². The first-order chi connectivity index (χ1) is 9.19. The first kappa shape index (κ1) is 13.9. The lowest BCUT2D eigenvalue weighted by atomic mass is 10.2. The minimum Gasteiger partial charge on any atom is -0.492 e. The SMILES string of the molecule is COc1cnc(OCCc2ccc(Cl)cc2)nc1Cl. The number of nitrogens with zero attached hydrogens (tertiary/aromatic N) is 2. The molecule has 4 nitrogen and oxygen atoms in total. The summed E-state index contributed by atoms with van der Waals surface area (Å²) >= 11 is 11.7. The molecule has 0 radical (unpaired) electrons. The summed E-state index contributed by atoms with van der Waals surface area (Å²) in [4.78, 5) is 7.97. The summed E-state index contributed by atoms with van der Waals surface area (Å²) in [5.41, 5.74) is 1.13. The molecule has 0 spiro atoms. The lowest BCUT2D eigenvalue weighted by Gasteiger charge is -2.06. The van der Waals surface area contributed by atoms with Crippen LogP contribution in [0.25, 0.3) is 0 Å². The molecular weight excluding hydrogens is 287 g/mol. The normalized spacial score (nSPS) is 10.3. The van der Waals surface area contributed by atoms with Gasteiger partial charge in [-0.3, -0.25) is 0 Å². The topological polar surface area (TPSA) is 44.2 Å². The molecule has 0 fully saturated rings. The highest BCUT2D eigenvalue weighted by atomic mass is 35.5. The van der Waals surface area contributed by atoms with E-state index in [1.807, 2.05) is 24.3 Å². The number of aromatic nitrogens is 2. The monoisotopic (exact) mass is 298 g/mol. The van der Waals surface area contributed by atoms with Crippen molar-refractivity contribution in [3.05, 3.63) is 46.2 Å². The third kappa shape index (κ3) is 3.98. The Labute approximate surface area is 121 Å². The van der Waals surface area contributed by atoms with Crippen molar-refractivity contribution >= 4 is 23.2 Å². The first-order valence-electron chi connectivity index (χ1n) is 5.63. The molecule has 0 atom stereocenters. The number of ether oxygens (including phenoxy) is 2. The lowest BCUT2D eigenvalue weighted by Crippen LogP contribution is -2.04. The summed E-state index contributed by atoms with van der Waals surface area (Å²) in [5.74, 6) is 0.423. The van der Waals surface area contributed by atoms with Gasteiger partial charge in [-0.2, -0.15) is 9.97 Å². The quantitative estimate of drug-likeness (QED) is 0.794. The molecule has 1 aromatic carbocycles. The molecule has 0 amide bonds. The fourth-order valence-electron chi connectivity index (χ4n) is 1.45. The van der Waals surface area contributed by atoms with Gasteiger partial charge < -0.3 is 9.47 Å². The van der Waals surface area contributed by atoms with E-state index < -0.39 is 0 Å². The zero-order valence-corrected chi connectivity index (χ0v) is 11.8. The Morgan fingerprint density at radius 2 is 1.89 bits per heavy atom. The van der Waals surface area contributed by atoms with E-state index in [1.54, 1.807) is 0 Å². The number of rotatable bonds is 5. The van der Waals surface area contributed by atoms with Crippen molar-refractivity contribution in [1.29, 1.82) is 0 Å². The van der Waals surface area contributed by atoms with E-state index in [0.29, 0.717) is 12.4 Å². The molecule has 6 heteroatoms. The highest BCUT2D eigenvalue weighted by molar-refractivity contribution is 6.31. The molecule has 0 N–H and O–H groups in total. The van der Waals surface area contributed by atoms with Gasteiger partial charge in [-0.05, 0) is 17.7 Å². The second-order valence-electron chi connectivity index (χ2n) is 3.74. The second kappa shape index (κ2) is 6.59. The number of methoxy groups -OCH3 is 1. The molecule has 100 valence electrons. The van der Waals surface area contributed by atoms with E-state index in [-0.39, 0.29) is 11.2 Å². The largest absolute Gasteiger partial charge is 0.492 e. The molecule has 0 aliphatic heterocycles. The molecule has 1 aromatic heterocycles. The summed E-state index contributed by atoms with van der Waals surface area (Å²) in [5, 5.41) is 0.953. The predicted octanol–water partition coefficient (Wildman–Crippen LogP) is 3.41. The molecule has 0 aliphatic carbocycles. The van der Waals surface area contributed by atoms with Gasteiger partial charge in [-0.25, -0.2) is 0 Å². The highest BCUT2D eigenvalue weighted by Crippen LogP contribution is 2.22. The van der Waals surface area contributed by atoms with Gasteiger partial charge in [-0.1, -0.05) is 35.3 Å². The van der Waals surface area contributed by atoms with Crippen LogP contribution in [-0.2, 0) is 6.42 Å². The average molecular weight is 299 g/mol. The van der Waals surface area contributed by atoms with Crippen LogP contribution in [0, 0.1) is 0 Å². The Morgan fingerprint density at radius 1 is 1.16 bits per heavy atom. The Balaban J connectivity index is 1.88. The molecule has 0 saturated heterocycles. The first-order valence-corrected chi connectivity index (χ1v) is 6.38. The summed E-state index contributed by atoms with van der Waals surface area (Å²) in [6, 6.07) is 7.83. The maximum Gasteiger partial charge on any atom is 0.318 e. The van der Waals surface area contributed by atoms with Gasteiger partial charge in [-0.15, -0.1) is 0 Å². The number of hydrogen-bond donors (Lipinski definition) is 0. The zero-order chi connectivity index (χ0) is 13.7. The highest BCUT2D eigenvalue weighted by Gasteiger charge is 2.05. The molecule has 0 unspecified atom stereocenters. The minimum atomic E-state index is 0.235. The van der Waals surface area contributed by atoms with Gasteiger partial charge >= 0.3 is 6.01 Å². The minimum absolute atomic E-state index is 0.235. The zero-order valence-electron chi connectivity index (χ0n) is 10.3. The fraction of sp³-hybridized carbons (Fsp3) is 0.231. The Kier molecular flexibility index (Phi) is 4.82. The van der Waals surface area contributed by atoms with Gasteiger partial charge in [0.05, 0.1) is 19.9 Å². The van der Waals surface area contributed by atoms with Crippen LogP contribution in [0.4, 0.5) is 0 Å². The lowest BCUT2D eigenvalue weighted by molar-refractivity contribution is 0.294. The summed E-state index contributed by atoms with van der Waals surface area (Å²) in [6.45, 7) is 0.463. The van der Waals surface area contributed by atoms with E-state index in [4.69, 9.17) is 32.7 Å². The maximum absolute atomic E-state index is 5.87. The molecule has 19 heavy (non-hydrogen) atoms. The molecule has 2 aromatic rings. The smallest absolute Gasteiger partial charge is 0.318 e. The van der Waals surface area contributed by atoms with Gasteiger partial charge in [0.15, 0.2) is 10.9 Å². The van der Waals surface area contributed by atoms with E-state index in [2.05, 4.69) is 9.97 Å². The number of benzene rings is 1. The van der Waals surface area contributed by atoms with E-state index >= 15 is 0 Å². The van der Waals surface area contributed by atoms with Crippen LogP contribution in [0.5, 0.6) is 11.8 Å². The van der Waals surface area contributed by atoms with Crippen molar-refractivity contribution in [3.8, 4) is 11.8 Å². The Bertz CT molecular complexity index is 547. The summed E-state index contributed by atoms with van der Waals surface area (Å²) in [7, 11) is 1.51. The van der Waals surface area contributed by atoms with Crippen LogP contribution in [-0.4, -0.2) is 23.7 Å². The van der Waals surface area contributed by atoms with Gasteiger partial charge in [0, 0.05) is 11.4 Å². The Hall–Kier alpha value is -1.52. The molecule has 1 heterocycles. The average Bonchev–Trinajstić information content (AvgIpc) is 2.41. The van der Waals surface area contributed by atoms with Gasteiger partial charge in [0.2, 0.25) is 0 Å². The molecule has 0 bridgehead atoms. The second-order valence-corrected chi connectivity index (χ2v) is 4.53. The number of halogens is 2. The molecule has 0 aliphatic rings. The van der Waals surface area contributed by atoms with Crippen molar-refractivity contribution in [3.63, 3.8) is 0 Å². The van der Waals surface area contributed by atoms with Crippen LogP contribution in [0.3, 0.4) is 0 Å². The van der Waals surface area contributed by atoms with Crippen LogP contribution < -0.4 is 9.47 Å². The molecule has 2 rings (SSSR count). The molecular formula is C13H12Cl2N2O2. The predicted molar refractivity (Wildman–Crippen MR) is 74.2 cm³/mol. The number of hydrogen-bond acceptors (Lipinski definition) is 4. The van der Waals surface area contributed by atoms with Crippen LogP contribution in [0.15, 0.2) is 30.5 Å². The van der Waals surface area contributed by atoms with E-state index in [1.165, 1.54) is 13.3 Å². The van der Waals surface area contributed by atoms with Crippen LogP contribution in [0.2, 0.25) is 10.2 Å². The maximum atomic E-state index is 5.87. The Morgan fingerprint density at radius 3 is 2.53 bits per heavy atom. The van der Waals surface area contributed by atoms with Crippen molar-refractivity contribution in [2.75, 3.05) is 13.7 Å². The van der Waals surface area contributed by atoms with Crippen molar-refractivity contribution in [1.82, 2.24) is 9.97 Å². The fourth-order valence-corrected chi connectivity index (χ4v) is 1.78. The van der Waals surface area contributed by atoms with E-state index in [9.17, 15) is 0 Å². The van der Waals surface area contributed by atoms with Crippen LogP contribution >= 0.6 is 23.2 Å². The van der Waals surface area contributed by atoms with Crippen molar-refractivity contribution in [2.24, 2.45) is 0 Å². The van der Waals surface area contributed by atoms with Crippen molar-refractivity contribution < 1.29 is 9.47 Å². The summed E-state index contributed by atoms with van der Waals surface area (Å²) in [6.07, 6.45) is 2.22.